The van der Waals surface area contributed by atoms with Gasteiger partial charge in [-0.15, -0.1) is 0 Å². The molecule has 0 saturated heterocycles. The minimum absolute atomic E-state index is 0.0230. The number of hydrogen-bond acceptors (Lipinski definition) is 5. The molecule has 1 atom stereocenters. The highest BCUT2D eigenvalue weighted by atomic mass is 16.5. The van der Waals surface area contributed by atoms with Gasteiger partial charge >= 0.3 is 0 Å². The molecule has 0 fully saturated rings. The van der Waals surface area contributed by atoms with Gasteiger partial charge in [0.15, 0.2) is 0 Å². The van der Waals surface area contributed by atoms with Gasteiger partial charge in [-0.2, -0.15) is 0 Å². The number of rotatable bonds is 4. The molecule has 1 aromatic carbocycles. The molecule has 0 N–H and O–H groups in total. The van der Waals surface area contributed by atoms with Crippen molar-refractivity contribution in [3.05, 3.63) is 72.4 Å². The zero-order chi connectivity index (χ0) is 17.9. The van der Waals surface area contributed by atoms with E-state index in [1.54, 1.807) is 42.7 Å². The van der Waals surface area contributed by atoms with Crippen molar-refractivity contribution in [3.8, 4) is 17.0 Å². The summed E-state index contributed by atoms with van der Waals surface area (Å²) in [4.78, 5) is 26.8. The normalized spacial score (nSPS) is 15.2. The molecular formula is C20H18N4O2. The highest BCUT2D eigenvalue weighted by molar-refractivity contribution is 5.95. The van der Waals surface area contributed by atoms with Gasteiger partial charge in [0.25, 0.3) is 5.91 Å². The SMILES string of the molecule is CN(C[C@@H]1Cc2ccccc2O1)C(=O)c1ccnc(-c2cncnc2)c1. The van der Waals surface area contributed by atoms with E-state index in [2.05, 4.69) is 21.0 Å². The Kier molecular flexibility index (Phi) is 4.31. The van der Waals surface area contributed by atoms with E-state index in [0.29, 0.717) is 17.8 Å². The van der Waals surface area contributed by atoms with Gasteiger partial charge in [-0.25, -0.2) is 9.97 Å². The Labute approximate surface area is 151 Å². The van der Waals surface area contributed by atoms with Crippen LogP contribution < -0.4 is 4.74 Å². The van der Waals surface area contributed by atoms with Crippen molar-refractivity contribution in [3.63, 3.8) is 0 Å². The fraction of sp³-hybridized carbons (Fsp3) is 0.200. The van der Waals surface area contributed by atoms with Crippen LogP contribution in [-0.2, 0) is 6.42 Å². The molecule has 0 saturated carbocycles. The number of benzene rings is 1. The van der Waals surface area contributed by atoms with Crippen LogP contribution in [0.5, 0.6) is 5.75 Å². The second-order valence-electron chi connectivity index (χ2n) is 6.29. The van der Waals surface area contributed by atoms with Crippen LogP contribution in [0.3, 0.4) is 0 Å². The average Bonchev–Trinajstić information content (AvgIpc) is 3.10. The van der Waals surface area contributed by atoms with E-state index in [9.17, 15) is 4.79 Å². The van der Waals surface area contributed by atoms with Gasteiger partial charge in [-0.05, 0) is 23.8 Å². The molecule has 0 unspecified atom stereocenters. The smallest absolute Gasteiger partial charge is 0.253 e. The number of carbonyl (C=O) groups is 1. The van der Waals surface area contributed by atoms with Crippen LogP contribution in [0.25, 0.3) is 11.3 Å². The van der Waals surface area contributed by atoms with E-state index in [0.717, 1.165) is 17.7 Å². The summed E-state index contributed by atoms with van der Waals surface area (Å²) >= 11 is 0. The van der Waals surface area contributed by atoms with Crippen LogP contribution in [0.1, 0.15) is 15.9 Å². The third kappa shape index (κ3) is 3.26. The lowest BCUT2D eigenvalue weighted by Gasteiger charge is -2.21. The quantitative estimate of drug-likeness (QED) is 0.726. The number of carbonyl (C=O) groups excluding carboxylic acids is 1. The molecule has 0 radical (unpaired) electrons. The van der Waals surface area contributed by atoms with Gasteiger partial charge in [0.1, 0.15) is 18.2 Å². The Morgan fingerprint density at radius 3 is 2.85 bits per heavy atom. The number of fused-ring (bicyclic) bond motifs is 1. The summed E-state index contributed by atoms with van der Waals surface area (Å²) in [5.41, 5.74) is 3.22. The minimum Gasteiger partial charge on any atom is -0.488 e. The lowest BCUT2D eigenvalue weighted by Crippen LogP contribution is -2.36. The first-order chi connectivity index (χ1) is 12.7. The second-order valence-corrected chi connectivity index (χ2v) is 6.29. The molecule has 6 heteroatoms. The Morgan fingerprint density at radius 1 is 1.23 bits per heavy atom. The largest absolute Gasteiger partial charge is 0.488 e. The number of hydrogen-bond donors (Lipinski definition) is 0. The number of nitrogens with zero attached hydrogens (tertiary/aromatic N) is 4. The molecule has 6 nitrogen and oxygen atoms in total. The number of ether oxygens (including phenoxy) is 1. The zero-order valence-corrected chi connectivity index (χ0v) is 14.4. The molecule has 130 valence electrons. The van der Waals surface area contributed by atoms with Crippen LogP contribution in [0.15, 0.2) is 61.3 Å². The number of pyridine rings is 1. The van der Waals surface area contributed by atoms with Crippen LogP contribution in [0.2, 0.25) is 0 Å². The van der Waals surface area contributed by atoms with Crippen molar-refractivity contribution in [1.29, 1.82) is 0 Å². The molecule has 3 aromatic rings. The lowest BCUT2D eigenvalue weighted by atomic mass is 10.1. The molecule has 0 spiro atoms. The zero-order valence-electron chi connectivity index (χ0n) is 14.4. The summed E-state index contributed by atoms with van der Waals surface area (Å²) in [6, 6.07) is 11.5. The maximum absolute atomic E-state index is 12.8. The molecule has 4 rings (SSSR count). The predicted octanol–water partition coefficient (Wildman–Crippen LogP) is 2.61. The molecule has 2 aromatic heterocycles. The number of likely N-dealkylation sites (N-methyl/N-ethyl adjacent to an activating group) is 1. The van der Waals surface area contributed by atoms with Crippen molar-refractivity contribution >= 4 is 5.91 Å². The lowest BCUT2D eigenvalue weighted by molar-refractivity contribution is 0.0730. The summed E-state index contributed by atoms with van der Waals surface area (Å²) in [6.07, 6.45) is 7.24. The molecule has 1 amide bonds. The minimum atomic E-state index is -0.0648. The van der Waals surface area contributed by atoms with Crippen molar-refractivity contribution < 1.29 is 9.53 Å². The number of amides is 1. The first-order valence-electron chi connectivity index (χ1n) is 8.42. The number of aromatic nitrogens is 3. The Balaban J connectivity index is 1.46. The van der Waals surface area contributed by atoms with Crippen LogP contribution in [-0.4, -0.2) is 45.5 Å². The first kappa shape index (κ1) is 16.2. The summed E-state index contributed by atoms with van der Waals surface area (Å²) in [5, 5.41) is 0. The summed E-state index contributed by atoms with van der Waals surface area (Å²) in [6.45, 7) is 0.527. The Morgan fingerprint density at radius 2 is 2.04 bits per heavy atom. The highest BCUT2D eigenvalue weighted by Crippen LogP contribution is 2.28. The van der Waals surface area contributed by atoms with Crippen molar-refractivity contribution in [2.75, 3.05) is 13.6 Å². The van der Waals surface area contributed by atoms with Crippen molar-refractivity contribution in [1.82, 2.24) is 19.9 Å². The molecule has 0 aliphatic carbocycles. The maximum atomic E-state index is 12.8. The van der Waals surface area contributed by atoms with Crippen LogP contribution in [0.4, 0.5) is 0 Å². The third-order valence-electron chi connectivity index (χ3n) is 4.40. The third-order valence-corrected chi connectivity index (χ3v) is 4.40. The molecule has 0 bridgehead atoms. The van der Waals surface area contributed by atoms with Gasteiger partial charge in [-0.3, -0.25) is 9.78 Å². The van der Waals surface area contributed by atoms with Crippen LogP contribution >= 0.6 is 0 Å². The van der Waals surface area contributed by atoms with E-state index in [1.165, 1.54) is 11.9 Å². The Hall–Kier alpha value is -3.28. The molecule has 1 aliphatic rings. The average molecular weight is 346 g/mol. The van der Waals surface area contributed by atoms with Crippen LogP contribution in [0, 0.1) is 0 Å². The Bertz CT molecular complexity index is 905. The van der Waals surface area contributed by atoms with E-state index >= 15 is 0 Å². The molecular weight excluding hydrogens is 328 g/mol. The monoisotopic (exact) mass is 346 g/mol. The highest BCUT2D eigenvalue weighted by Gasteiger charge is 2.25. The van der Waals surface area contributed by atoms with Gasteiger partial charge in [0, 0.05) is 43.2 Å². The fourth-order valence-corrected chi connectivity index (χ4v) is 3.12. The summed E-state index contributed by atoms with van der Waals surface area (Å²) in [7, 11) is 1.79. The maximum Gasteiger partial charge on any atom is 0.253 e. The van der Waals surface area contributed by atoms with Crippen molar-refractivity contribution in [2.24, 2.45) is 0 Å². The van der Waals surface area contributed by atoms with Gasteiger partial charge < -0.3 is 9.64 Å². The number of para-hydroxylation sites is 1. The predicted molar refractivity (Wildman–Crippen MR) is 96.8 cm³/mol. The first-order valence-corrected chi connectivity index (χ1v) is 8.42. The van der Waals surface area contributed by atoms with E-state index in [4.69, 9.17) is 4.74 Å². The van der Waals surface area contributed by atoms with E-state index in [1.807, 2.05) is 18.2 Å². The molecule has 1 aliphatic heterocycles. The second kappa shape index (κ2) is 6.92. The molecule has 26 heavy (non-hydrogen) atoms. The molecule has 3 heterocycles. The fourth-order valence-electron chi connectivity index (χ4n) is 3.12. The van der Waals surface area contributed by atoms with E-state index < -0.39 is 0 Å². The summed E-state index contributed by atoms with van der Waals surface area (Å²) < 4.78 is 5.93. The van der Waals surface area contributed by atoms with Gasteiger partial charge in [-0.1, -0.05) is 18.2 Å². The van der Waals surface area contributed by atoms with Crippen molar-refractivity contribution in [2.45, 2.75) is 12.5 Å². The standard InChI is InChI=1S/C20H18N4O2/c1-24(12-17-8-14-4-2-3-5-19(14)26-17)20(25)15-6-7-23-18(9-15)16-10-21-13-22-11-16/h2-7,9-11,13,17H,8,12H2,1H3/t17-/m0/s1. The van der Waals surface area contributed by atoms with Gasteiger partial charge in [0.05, 0.1) is 12.2 Å². The van der Waals surface area contributed by atoms with E-state index in [-0.39, 0.29) is 12.0 Å². The topological polar surface area (TPSA) is 68.2 Å². The van der Waals surface area contributed by atoms with Gasteiger partial charge in [0.2, 0.25) is 0 Å². The summed E-state index contributed by atoms with van der Waals surface area (Å²) in [5.74, 6) is 0.846.